The van der Waals surface area contributed by atoms with E-state index >= 15 is 13.2 Å². The van der Waals surface area contributed by atoms with Crippen LogP contribution in [-0.2, 0) is 14.2 Å². The second kappa shape index (κ2) is 43.5. The molecule has 9 heterocycles. The molecule has 6 atom stereocenters. The smallest absolute Gasteiger partial charge is 0.412 e. The van der Waals surface area contributed by atoms with Crippen molar-refractivity contribution >= 4 is 145 Å². The molecule has 6 aromatic carbocycles. The molecule has 18 rings (SSSR count). The number of alkyl halides is 6. The molecule has 0 aliphatic heterocycles. The Balaban J connectivity index is 0.000000157. The molecule has 3 aliphatic carbocycles. The van der Waals surface area contributed by atoms with Crippen molar-refractivity contribution in [2.24, 2.45) is 0 Å². The summed E-state index contributed by atoms with van der Waals surface area (Å²) in [7, 11) is 4.50. The van der Waals surface area contributed by atoms with Gasteiger partial charge < -0.3 is 68.2 Å². The predicted octanol–water partition coefficient (Wildman–Crippen LogP) is 20.0. The van der Waals surface area contributed by atoms with Gasteiger partial charge in [0.05, 0.1) is 183 Å². The number of aromatic nitrogens is 13. The number of pyridine rings is 2. The minimum Gasteiger partial charge on any atom is -0.483 e. The molecule has 9 aromatic heterocycles. The van der Waals surface area contributed by atoms with Gasteiger partial charge in [0, 0.05) is 85.4 Å². The van der Waals surface area contributed by atoms with Gasteiger partial charge in [0.25, 0.3) is 29.6 Å². The fourth-order valence-electron chi connectivity index (χ4n) is 15.9. The van der Waals surface area contributed by atoms with Crippen LogP contribution in [0.2, 0.25) is 0 Å². The molecule has 0 unspecified atom stereocenters. The van der Waals surface area contributed by atoms with Crippen LogP contribution in [0.5, 0.6) is 40.9 Å². The maximum absolute atomic E-state index is 15.4. The molecule has 15 aromatic rings. The zero-order valence-electron chi connectivity index (χ0n) is 79.9. The summed E-state index contributed by atoms with van der Waals surface area (Å²) in [4.78, 5) is 119. The van der Waals surface area contributed by atoms with Gasteiger partial charge in [-0.1, -0.05) is 6.92 Å². The average molecular weight is 2080 g/mol. The van der Waals surface area contributed by atoms with Crippen molar-refractivity contribution in [3.63, 3.8) is 0 Å². The summed E-state index contributed by atoms with van der Waals surface area (Å²) in [6.45, 7) is 14.3. The maximum atomic E-state index is 15.4. The third-order valence-corrected chi connectivity index (χ3v) is 26.0. The van der Waals surface area contributed by atoms with Gasteiger partial charge in [0.2, 0.25) is 17.6 Å². The number of nitrogens with one attached hydrogen (secondary N) is 5. The number of aryl methyl sites for hydroxylation is 3. The number of fused-ring (bicyclic) bond motifs is 6. The van der Waals surface area contributed by atoms with Gasteiger partial charge in [-0.15, -0.1) is 34.0 Å². The standard InChI is InChI=1S/2C34H33F3N6O6S.C31H29F3N6O5S/c2*1-17-9-19(29-23(10-17)42-28(47-4)15-39-29)31-43-22-11-20(35)25(12-27(22)50-31)48-26-13-34(36,37)8-7-24(26)49-32(45)41-18-5-6-21(38-14-18)30(44)40-16-33(2,3)46;1-4-7-43-29-36-13-17(14-37-29)38-30(41)45-22-5-6-31(33,34)12-24(22)44-23-11-25-20(10-19(23)32)40-28(46-25)18-8-16(2)9-21-27(18)35-15-26(39-21)42-3/h2*5-6,9-12,14-15,24,26,46H,7-8,13,16H2,1-4H3,(H,40,44)(H,41,45);8-11,13-15,22,24H,4-7,12H2,1-3H3,(H,38,41)/t2*24-,26+;22-,24+/m111/s1. The van der Waals surface area contributed by atoms with E-state index in [0.717, 1.165) is 23.1 Å². The molecule has 146 heavy (non-hydrogen) atoms. The number of rotatable bonds is 27. The van der Waals surface area contributed by atoms with E-state index in [9.17, 15) is 60.5 Å². The van der Waals surface area contributed by atoms with Crippen LogP contribution in [-0.4, -0.2) is 212 Å². The quantitative estimate of drug-likeness (QED) is 0.0186. The largest absolute Gasteiger partial charge is 0.483 e. The van der Waals surface area contributed by atoms with Crippen molar-refractivity contribution in [1.82, 2.24) is 75.4 Å². The lowest BCUT2D eigenvalue weighted by molar-refractivity contribution is -0.114. The van der Waals surface area contributed by atoms with E-state index < -0.39 is 152 Å². The number of halogens is 9. The number of benzene rings is 6. The Hall–Kier alpha value is -15.0. The topological polar surface area (TPSA) is 446 Å². The van der Waals surface area contributed by atoms with E-state index in [2.05, 4.69) is 91.4 Å². The van der Waals surface area contributed by atoms with Crippen LogP contribution in [0.15, 0.2) is 140 Å². The molecular formula is C99H95F9N18O17S3. The Morgan fingerprint density at radius 3 is 1.01 bits per heavy atom. The summed E-state index contributed by atoms with van der Waals surface area (Å²) < 4.78 is 190. The number of aliphatic hydroxyl groups is 2. The van der Waals surface area contributed by atoms with E-state index in [-0.39, 0.29) is 84.1 Å². The summed E-state index contributed by atoms with van der Waals surface area (Å²) in [5.74, 6) is -12.6. The van der Waals surface area contributed by atoms with Crippen molar-refractivity contribution in [3.8, 4) is 72.6 Å². The number of amides is 5. The van der Waals surface area contributed by atoms with Crippen LogP contribution in [0, 0.1) is 38.2 Å². The van der Waals surface area contributed by atoms with Crippen molar-refractivity contribution in [2.45, 2.75) is 185 Å². The van der Waals surface area contributed by atoms with Crippen LogP contribution >= 0.6 is 34.0 Å². The Bertz CT molecular complexity index is 7100. The van der Waals surface area contributed by atoms with Gasteiger partial charge in [-0.3, -0.25) is 25.5 Å². The second-order valence-electron chi connectivity index (χ2n) is 36.0. The molecular weight excluding hydrogens is 1980 g/mol. The first-order valence-corrected chi connectivity index (χ1v) is 48.1. The van der Waals surface area contributed by atoms with Gasteiger partial charge in [-0.05, 0) is 152 Å². The predicted molar refractivity (Wildman–Crippen MR) is 523 cm³/mol. The molecule has 0 radical (unpaired) electrons. The van der Waals surface area contributed by atoms with Crippen LogP contribution in [0.1, 0.15) is 136 Å². The molecule has 35 nitrogen and oxygen atoms in total. The molecule has 0 spiro atoms. The van der Waals surface area contributed by atoms with Crippen molar-refractivity contribution < 1.29 is 121 Å². The summed E-state index contributed by atoms with van der Waals surface area (Å²) in [5.41, 5.74) is 7.82. The van der Waals surface area contributed by atoms with Gasteiger partial charge in [-0.25, -0.2) is 119 Å². The Morgan fingerprint density at radius 1 is 0.404 bits per heavy atom. The molecule has 5 amide bonds. The van der Waals surface area contributed by atoms with Crippen LogP contribution in [0.25, 0.3) is 95.5 Å². The maximum Gasteiger partial charge on any atom is 0.412 e. The van der Waals surface area contributed by atoms with E-state index in [1.54, 1.807) is 0 Å². The number of anilines is 3. The second-order valence-corrected chi connectivity index (χ2v) is 39.1. The number of hydrogen-bond acceptors (Lipinski definition) is 33. The molecule has 47 heteroatoms. The molecule has 7 N–H and O–H groups in total. The minimum absolute atomic E-state index is 0.00329. The number of carbonyl (C=O) groups is 5. The first-order chi connectivity index (χ1) is 69.4. The summed E-state index contributed by atoms with van der Waals surface area (Å²) in [6, 6.07) is 24.7. The van der Waals surface area contributed by atoms with E-state index in [0.29, 0.717) is 120 Å². The molecule has 3 aliphatic rings. The molecule has 3 fully saturated rings. The fraction of sp³-hybridized carbons (Fsp3) is 0.354. The molecule has 3 saturated carbocycles. The molecule has 0 saturated heterocycles. The van der Waals surface area contributed by atoms with Gasteiger partial charge >= 0.3 is 24.3 Å². The number of nitrogens with zero attached hydrogens (tertiary/aromatic N) is 13. The van der Waals surface area contributed by atoms with Crippen LogP contribution in [0.4, 0.5) is 71.0 Å². The number of carbonyl (C=O) groups excluding carboxylic acids is 5. The van der Waals surface area contributed by atoms with Crippen LogP contribution in [0.3, 0.4) is 0 Å². The van der Waals surface area contributed by atoms with Gasteiger partial charge in [-0.2, -0.15) is 0 Å². The van der Waals surface area contributed by atoms with Crippen molar-refractivity contribution in [3.05, 3.63) is 186 Å². The van der Waals surface area contributed by atoms with Crippen molar-refractivity contribution in [1.29, 1.82) is 0 Å². The summed E-state index contributed by atoms with van der Waals surface area (Å²) >= 11 is 3.76. The first kappa shape index (κ1) is 104. The van der Waals surface area contributed by atoms with Crippen molar-refractivity contribution in [2.75, 3.05) is 57.0 Å². The number of thiazole rings is 3. The number of hydrogen-bond donors (Lipinski definition) is 7. The number of methoxy groups -OCH3 is 3. The average Bonchev–Trinajstić information content (AvgIpc) is 1.59. The summed E-state index contributed by atoms with van der Waals surface area (Å²) in [6.07, 6.45) is -4.50. The van der Waals surface area contributed by atoms with Gasteiger partial charge in [0.1, 0.15) is 63.0 Å². The molecule has 764 valence electrons. The lowest BCUT2D eigenvalue weighted by atomic mass is 9.91. The van der Waals surface area contributed by atoms with E-state index in [1.807, 2.05) is 64.1 Å². The van der Waals surface area contributed by atoms with E-state index in [1.165, 1.54) is 187 Å². The SMILES string of the molecule is CCCOc1ncc(NC(=O)O[C@@H]2CCC(F)(F)C[C@@H]2Oc2cc3sc(-c4cc(C)cc5nc(OC)cnc45)nc3cc2F)cn1.COc1cnc2c(-c3nc4cc(F)c(O[C@H]5CC(F)(F)CC[C@H]5OC(=O)Nc5ccc(C(=O)NCC(C)(C)O)nc5)cc4s3)cc(C)cc2n1.COc1cnc2c(-c3nc4cc(F)c(O[C@H]5CC(F)(F)CC[C@H]5OC(=O)Nc5ccc(C(=O)NCC(C)(C)O)nc5)cc4s3)cc(C)cc2n1. The summed E-state index contributed by atoms with van der Waals surface area (Å²) in [5, 5.41) is 33.7. The Morgan fingerprint density at radius 2 is 0.719 bits per heavy atom. The van der Waals surface area contributed by atoms with Gasteiger partial charge in [0.15, 0.2) is 34.7 Å². The first-order valence-electron chi connectivity index (χ1n) is 45.6. The lowest BCUT2D eigenvalue weighted by Crippen LogP contribution is -2.45. The van der Waals surface area contributed by atoms with E-state index in [4.69, 9.17) is 47.4 Å². The van der Waals surface area contributed by atoms with Crippen LogP contribution < -0.4 is 59.7 Å². The highest BCUT2D eigenvalue weighted by molar-refractivity contribution is 7.22. The Labute approximate surface area is 837 Å². The highest BCUT2D eigenvalue weighted by atomic mass is 32.1. The third-order valence-electron chi connectivity index (χ3n) is 22.8. The zero-order valence-corrected chi connectivity index (χ0v) is 82.3. The third kappa shape index (κ3) is 26.0. The minimum atomic E-state index is -3.12. The highest BCUT2D eigenvalue weighted by Crippen LogP contribution is 2.47. The fourth-order valence-corrected chi connectivity index (χ4v) is 18.8. The monoisotopic (exact) mass is 2070 g/mol. The Kier molecular flexibility index (Phi) is 31.0. The highest BCUT2D eigenvalue weighted by Gasteiger charge is 2.48. The zero-order chi connectivity index (χ0) is 104. The normalized spacial score (nSPS) is 17.4. The lowest BCUT2D eigenvalue weighted by Gasteiger charge is -2.35. The number of ether oxygens (including phenoxy) is 10. The molecule has 0 bridgehead atoms.